The molecule has 25 heavy (non-hydrogen) atoms. The van der Waals surface area contributed by atoms with Crippen LogP contribution in [0.1, 0.15) is 30.0 Å². The molecule has 1 aliphatic heterocycles. The second-order valence-electron chi connectivity index (χ2n) is 6.83. The minimum Gasteiger partial charge on any atom is -0.317 e. The number of pyridine rings is 1. The van der Waals surface area contributed by atoms with Crippen LogP contribution >= 0.6 is 0 Å². The quantitative estimate of drug-likeness (QED) is 0.592. The second-order valence-corrected chi connectivity index (χ2v) is 6.83. The first-order chi connectivity index (χ1) is 12.3. The molecule has 0 aliphatic carbocycles. The van der Waals surface area contributed by atoms with Crippen molar-refractivity contribution in [3.63, 3.8) is 0 Å². The van der Waals surface area contributed by atoms with Crippen molar-refractivity contribution in [3.05, 3.63) is 48.0 Å². The number of nitrogens with zero attached hydrogens (tertiary/aromatic N) is 4. The van der Waals surface area contributed by atoms with Crippen LogP contribution in [0.3, 0.4) is 0 Å². The van der Waals surface area contributed by atoms with Gasteiger partial charge in [-0.2, -0.15) is 10.2 Å². The number of aromatic amines is 1. The Kier molecular flexibility index (Phi) is 3.31. The van der Waals surface area contributed by atoms with E-state index in [1.54, 1.807) is 6.33 Å². The maximum absolute atomic E-state index is 4.57. The fraction of sp³-hybridized carbons (Fsp3) is 0.316. The van der Waals surface area contributed by atoms with Crippen molar-refractivity contribution in [1.29, 1.82) is 0 Å². The smallest absolute Gasteiger partial charge is 0.158 e. The fourth-order valence-corrected chi connectivity index (χ4v) is 3.89. The molecule has 0 radical (unpaired) electrons. The van der Waals surface area contributed by atoms with Crippen LogP contribution in [0.2, 0.25) is 0 Å². The standard InChI is InChI=1S/C19H20N6/c1-12-8-15(10-25-19(12)21-11-22-25)14-2-3-16-17(9-14)23-24-18(16)13-4-6-20-7-5-13/h2-3,8-11,13,20H,4-7H2,1H3,(H,23,24). The zero-order valence-electron chi connectivity index (χ0n) is 14.2. The minimum absolute atomic E-state index is 0.575. The van der Waals surface area contributed by atoms with E-state index in [4.69, 9.17) is 0 Å². The van der Waals surface area contributed by atoms with E-state index in [0.717, 1.165) is 40.9 Å². The molecule has 1 fully saturated rings. The van der Waals surface area contributed by atoms with Crippen LogP contribution in [-0.4, -0.2) is 37.9 Å². The Morgan fingerprint density at radius 1 is 1.12 bits per heavy atom. The SMILES string of the molecule is Cc1cc(-c2ccc3c(C4CCNCC4)[nH]nc3c2)cn2ncnc12. The predicted octanol–water partition coefficient (Wildman–Crippen LogP) is 3.05. The second kappa shape index (κ2) is 5.67. The van der Waals surface area contributed by atoms with Crippen molar-refractivity contribution >= 4 is 16.6 Å². The first-order valence-electron chi connectivity index (χ1n) is 8.79. The van der Waals surface area contributed by atoms with Gasteiger partial charge < -0.3 is 5.32 Å². The first kappa shape index (κ1) is 14.6. The molecule has 0 unspecified atom stereocenters. The summed E-state index contributed by atoms with van der Waals surface area (Å²) >= 11 is 0. The van der Waals surface area contributed by atoms with Gasteiger partial charge in [-0.05, 0) is 56.1 Å². The third-order valence-corrected chi connectivity index (χ3v) is 5.22. The summed E-state index contributed by atoms with van der Waals surface area (Å²) in [7, 11) is 0. The van der Waals surface area contributed by atoms with Crippen molar-refractivity contribution in [2.45, 2.75) is 25.7 Å². The lowest BCUT2D eigenvalue weighted by Gasteiger charge is -2.21. The number of hydrogen-bond acceptors (Lipinski definition) is 4. The summed E-state index contributed by atoms with van der Waals surface area (Å²) in [5.41, 5.74) is 6.61. The van der Waals surface area contributed by atoms with Gasteiger partial charge in [0.2, 0.25) is 0 Å². The van der Waals surface area contributed by atoms with Crippen molar-refractivity contribution in [2.75, 3.05) is 13.1 Å². The Bertz CT molecular complexity index is 1050. The van der Waals surface area contributed by atoms with Crippen molar-refractivity contribution in [2.24, 2.45) is 0 Å². The van der Waals surface area contributed by atoms with Crippen LogP contribution in [0.25, 0.3) is 27.7 Å². The highest BCUT2D eigenvalue weighted by atomic mass is 15.3. The molecule has 0 bridgehead atoms. The zero-order valence-corrected chi connectivity index (χ0v) is 14.2. The summed E-state index contributed by atoms with van der Waals surface area (Å²) in [4.78, 5) is 4.29. The largest absolute Gasteiger partial charge is 0.317 e. The van der Waals surface area contributed by atoms with Gasteiger partial charge in [-0.3, -0.25) is 5.10 Å². The molecule has 4 aromatic rings. The molecule has 1 aromatic carbocycles. The summed E-state index contributed by atoms with van der Waals surface area (Å²) in [6.45, 7) is 4.23. The molecule has 6 nitrogen and oxygen atoms in total. The number of fused-ring (bicyclic) bond motifs is 2. The molecule has 5 rings (SSSR count). The van der Waals surface area contributed by atoms with Gasteiger partial charge >= 0.3 is 0 Å². The number of hydrogen-bond donors (Lipinski definition) is 2. The maximum atomic E-state index is 4.57. The molecule has 6 heteroatoms. The van der Waals surface area contributed by atoms with E-state index in [9.17, 15) is 0 Å². The molecular weight excluding hydrogens is 312 g/mol. The van der Waals surface area contributed by atoms with Gasteiger partial charge in [0.05, 0.1) is 5.52 Å². The molecule has 0 spiro atoms. The van der Waals surface area contributed by atoms with Gasteiger partial charge in [0, 0.05) is 28.8 Å². The molecule has 4 heterocycles. The molecule has 0 amide bonds. The fourth-order valence-electron chi connectivity index (χ4n) is 3.89. The van der Waals surface area contributed by atoms with E-state index in [1.165, 1.54) is 23.9 Å². The van der Waals surface area contributed by atoms with Gasteiger partial charge in [0.1, 0.15) is 6.33 Å². The number of H-pyrrole nitrogens is 1. The van der Waals surface area contributed by atoms with E-state index < -0.39 is 0 Å². The zero-order chi connectivity index (χ0) is 16.8. The lowest BCUT2D eigenvalue weighted by molar-refractivity contribution is 0.454. The van der Waals surface area contributed by atoms with Gasteiger partial charge in [-0.1, -0.05) is 12.1 Å². The summed E-state index contributed by atoms with van der Waals surface area (Å²) < 4.78 is 1.83. The predicted molar refractivity (Wildman–Crippen MR) is 97.7 cm³/mol. The third kappa shape index (κ3) is 2.41. The first-order valence-corrected chi connectivity index (χ1v) is 8.79. The van der Waals surface area contributed by atoms with E-state index in [1.807, 2.05) is 10.7 Å². The Hall–Kier alpha value is -2.73. The third-order valence-electron chi connectivity index (χ3n) is 5.22. The highest BCUT2D eigenvalue weighted by molar-refractivity contribution is 5.86. The average Bonchev–Trinajstić information content (AvgIpc) is 3.29. The average molecular weight is 332 g/mol. The van der Waals surface area contributed by atoms with Gasteiger partial charge in [-0.25, -0.2) is 9.50 Å². The Morgan fingerprint density at radius 3 is 2.88 bits per heavy atom. The molecular formula is C19H20N6. The van der Waals surface area contributed by atoms with Crippen LogP contribution < -0.4 is 5.32 Å². The van der Waals surface area contributed by atoms with Gasteiger partial charge in [0.25, 0.3) is 0 Å². The van der Waals surface area contributed by atoms with Crippen molar-refractivity contribution in [3.8, 4) is 11.1 Å². The van der Waals surface area contributed by atoms with E-state index in [2.05, 4.69) is 56.8 Å². The summed E-state index contributed by atoms with van der Waals surface area (Å²) in [5.74, 6) is 0.575. The van der Waals surface area contributed by atoms with Crippen LogP contribution in [0.4, 0.5) is 0 Å². The number of piperidine rings is 1. The van der Waals surface area contributed by atoms with Gasteiger partial charge in [0.15, 0.2) is 5.65 Å². The summed E-state index contributed by atoms with van der Waals surface area (Å²) in [6.07, 6.45) is 5.95. The van der Waals surface area contributed by atoms with Crippen molar-refractivity contribution in [1.82, 2.24) is 30.1 Å². The number of aromatic nitrogens is 5. The number of benzene rings is 1. The van der Waals surface area contributed by atoms with E-state index in [0.29, 0.717) is 5.92 Å². The highest BCUT2D eigenvalue weighted by Crippen LogP contribution is 2.32. The Labute approximate surface area is 145 Å². The number of nitrogens with one attached hydrogen (secondary N) is 2. The van der Waals surface area contributed by atoms with Crippen molar-refractivity contribution < 1.29 is 0 Å². The molecule has 126 valence electrons. The monoisotopic (exact) mass is 332 g/mol. The molecule has 1 aliphatic rings. The van der Waals surface area contributed by atoms with Crippen LogP contribution in [0.5, 0.6) is 0 Å². The Balaban J connectivity index is 1.58. The van der Waals surface area contributed by atoms with Crippen LogP contribution in [0, 0.1) is 6.92 Å². The summed E-state index contributed by atoms with van der Waals surface area (Å²) in [6, 6.07) is 8.70. The molecule has 1 saturated heterocycles. The van der Waals surface area contributed by atoms with Crippen LogP contribution in [0.15, 0.2) is 36.8 Å². The minimum atomic E-state index is 0.575. The normalized spacial score (nSPS) is 16.0. The molecule has 0 saturated carbocycles. The number of aryl methyl sites for hydroxylation is 1. The summed E-state index contributed by atoms with van der Waals surface area (Å²) in [5, 5.41) is 16.8. The van der Waals surface area contributed by atoms with E-state index in [-0.39, 0.29) is 0 Å². The van der Waals surface area contributed by atoms with Crippen LogP contribution in [-0.2, 0) is 0 Å². The lowest BCUT2D eigenvalue weighted by Crippen LogP contribution is -2.26. The highest BCUT2D eigenvalue weighted by Gasteiger charge is 2.19. The van der Waals surface area contributed by atoms with E-state index >= 15 is 0 Å². The lowest BCUT2D eigenvalue weighted by atomic mass is 9.92. The topological polar surface area (TPSA) is 70.9 Å². The molecule has 0 atom stereocenters. The number of rotatable bonds is 2. The Morgan fingerprint density at radius 2 is 2.00 bits per heavy atom. The van der Waals surface area contributed by atoms with Gasteiger partial charge in [-0.15, -0.1) is 0 Å². The molecule has 3 aromatic heterocycles. The molecule has 2 N–H and O–H groups in total. The maximum Gasteiger partial charge on any atom is 0.158 e.